The lowest BCUT2D eigenvalue weighted by molar-refractivity contribution is -0.174. The van der Waals surface area contributed by atoms with Gasteiger partial charge in [-0.3, -0.25) is 4.79 Å². The van der Waals surface area contributed by atoms with E-state index in [-0.39, 0.29) is 24.9 Å². The molecule has 102 valence electrons. The van der Waals surface area contributed by atoms with Crippen molar-refractivity contribution in [2.24, 2.45) is 5.92 Å². The normalized spacial score (nSPS) is 13.5. The molecule has 0 aliphatic rings. The van der Waals surface area contributed by atoms with Gasteiger partial charge in [-0.2, -0.15) is 13.2 Å². The molecule has 0 aliphatic carbocycles. The lowest BCUT2D eigenvalue weighted by atomic mass is 10.2. The minimum atomic E-state index is -4.34. The smallest absolute Gasteiger partial charge is 0.372 e. The van der Waals surface area contributed by atoms with Gasteiger partial charge in [0.1, 0.15) is 6.61 Å². The second-order valence-electron chi connectivity index (χ2n) is 3.88. The van der Waals surface area contributed by atoms with Crippen molar-refractivity contribution in [2.45, 2.75) is 19.5 Å². The summed E-state index contributed by atoms with van der Waals surface area (Å²) in [5.41, 5.74) is 0. The van der Waals surface area contributed by atoms with Gasteiger partial charge in [0.05, 0.1) is 6.61 Å². The first-order chi connectivity index (χ1) is 7.85. The molecule has 0 fully saturated rings. The molecular weight excluding hydrogens is 237 g/mol. The van der Waals surface area contributed by atoms with Crippen LogP contribution in [0.25, 0.3) is 0 Å². The molecule has 0 saturated heterocycles. The molecule has 1 unspecified atom stereocenters. The molecule has 0 aromatic heterocycles. The summed E-state index contributed by atoms with van der Waals surface area (Å²) >= 11 is 0. The average molecular weight is 256 g/mol. The first-order valence-electron chi connectivity index (χ1n) is 5.41. The van der Waals surface area contributed by atoms with Crippen LogP contribution in [0.1, 0.15) is 13.3 Å². The molecular formula is C10H19F3N2O2. The second kappa shape index (κ2) is 8.30. The molecule has 0 radical (unpaired) electrons. The standard InChI is InChI=1S/C10H19F3N2O2/c1-8(5-14-2)6-15-9(16)3-4-17-7-10(11,12)13/h8,14H,3-7H2,1-2H3,(H,15,16). The van der Waals surface area contributed by atoms with E-state index in [0.29, 0.717) is 6.54 Å². The number of hydrogen-bond acceptors (Lipinski definition) is 3. The van der Waals surface area contributed by atoms with Gasteiger partial charge in [-0.05, 0) is 19.5 Å². The van der Waals surface area contributed by atoms with Crippen molar-refractivity contribution in [2.75, 3.05) is 33.4 Å². The van der Waals surface area contributed by atoms with Crippen molar-refractivity contribution >= 4 is 5.91 Å². The monoisotopic (exact) mass is 256 g/mol. The lowest BCUT2D eigenvalue weighted by Crippen LogP contribution is -2.32. The van der Waals surface area contributed by atoms with Gasteiger partial charge in [-0.1, -0.05) is 6.92 Å². The van der Waals surface area contributed by atoms with Crippen LogP contribution in [-0.4, -0.2) is 45.4 Å². The Labute approximate surface area is 98.9 Å². The Morgan fingerprint density at radius 2 is 2.00 bits per heavy atom. The van der Waals surface area contributed by atoms with E-state index in [1.165, 1.54) is 0 Å². The number of rotatable bonds is 8. The van der Waals surface area contributed by atoms with Gasteiger partial charge in [0.25, 0.3) is 0 Å². The zero-order valence-electron chi connectivity index (χ0n) is 10.1. The lowest BCUT2D eigenvalue weighted by Gasteiger charge is -2.12. The van der Waals surface area contributed by atoms with Crippen LogP contribution < -0.4 is 10.6 Å². The number of hydrogen-bond donors (Lipinski definition) is 2. The summed E-state index contributed by atoms with van der Waals surface area (Å²) in [5.74, 6) is -0.0184. The van der Waals surface area contributed by atoms with Crippen molar-refractivity contribution in [3.8, 4) is 0 Å². The molecule has 2 N–H and O–H groups in total. The Balaban J connectivity index is 3.47. The number of nitrogens with one attached hydrogen (secondary N) is 2. The number of carbonyl (C=O) groups is 1. The molecule has 0 bridgehead atoms. The van der Waals surface area contributed by atoms with Gasteiger partial charge in [0, 0.05) is 13.0 Å². The Kier molecular flexibility index (Phi) is 7.90. The summed E-state index contributed by atoms with van der Waals surface area (Å²) in [6.45, 7) is 1.70. The zero-order valence-corrected chi connectivity index (χ0v) is 10.1. The first-order valence-corrected chi connectivity index (χ1v) is 5.41. The van der Waals surface area contributed by atoms with Crippen LogP contribution in [0.5, 0.6) is 0 Å². The van der Waals surface area contributed by atoms with Gasteiger partial charge in [-0.15, -0.1) is 0 Å². The fourth-order valence-electron chi connectivity index (χ4n) is 1.15. The Morgan fingerprint density at radius 1 is 1.35 bits per heavy atom. The molecule has 0 heterocycles. The molecule has 0 aliphatic heterocycles. The minimum absolute atomic E-state index is 0.0532. The molecule has 4 nitrogen and oxygen atoms in total. The summed E-state index contributed by atoms with van der Waals surface area (Å²) < 4.78 is 39.4. The van der Waals surface area contributed by atoms with E-state index < -0.39 is 12.8 Å². The van der Waals surface area contributed by atoms with E-state index in [9.17, 15) is 18.0 Å². The summed E-state index contributed by atoms with van der Waals surface area (Å²) in [7, 11) is 1.81. The van der Waals surface area contributed by atoms with Crippen LogP contribution in [-0.2, 0) is 9.53 Å². The van der Waals surface area contributed by atoms with Crippen molar-refractivity contribution in [3.05, 3.63) is 0 Å². The van der Waals surface area contributed by atoms with E-state index in [4.69, 9.17) is 0 Å². The van der Waals surface area contributed by atoms with Gasteiger partial charge in [0.15, 0.2) is 0 Å². The van der Waals surface area contributed by atoms with E-state index in [1.807, 2.05) is 14.0 Å². The van der Waals surface area contributed by atoms with Crippen molar-refractivity contribution < 1.29 is 22.7 Å². The number of amides is 1. The maximum absolute atomic E-state index is 11.7. The fourth-order valence-corrected chi connectivity index (χ4v) is 1.15. The van der Waals surface area contributed by atoms with Crippen molar-refractivity contribution in [3.63, 3.8) is 0 Å². The maximum Gasteiger partial charge on any atom is 0.411 e. The van der Waals surface area contributed by atoms with Crippen LogP contribution >= 0.6 is 0 Å². The van der Waals surface area contributed by atoms with Gasteiger partial charge < -0.3 is 15.4 Å². The summed E-state index contributed by atoms with van der Waals surface area (Å²) in [5, 5.41) is 5.58. The highest BCUT2D eigenvalue weighted by Gasteiger charge is 2.27. The number of carbonyl (C=O) groups excluding carboxylic acids is 1. The molecule has 1 atom stereocenters. The predicted octanol–water partition coefficient (Wildman–Crippen LogP) is 0.927. The van der Waals surface area contributed by atoms with Gasteiger partial charge in [0.2, 0.25) is 5.91 Å². The van der Waals surface area contributed by atoms with E-state index in [2.05, 4.69) is 15.4 Å². The molecule has 17 heavy (non-hydrogen) atoms. The van der Waals surface area contributed by atoms with Crippen LogP contribution in [0, 0.1) is 5.92 Å². The van der Waals surface area contributed by atoms with Crippen LogP contribution in [0.3, 0.4) is 0 Å². The largest absolute Gasteiger partial charge is 0.411 e. The van der Waals surface area contributed by atoms with Crippen LogP contribution in [0.2, 0.25) is 0 Å². The number of alkyl halides is 3. The molecule has 0 rings (SSSR count). The van der Waals surface area contributed by atoms with Gasteiger partial charge in [-0.25, -0.2) is 0 Å². The quantitative estimate of drug-likeness (QED) is 0.635. The third kappa shape index (κ3) is 11.4. The topological polar surface area (TPSA) is 50.4 Å². The highest BCUT2D eigenvalue weighted by atomic mass is 19.4. The minimum Gasteiger partial charge on any atom is -0.372 e. The average Bonchev–Trinajstić information content (AvgIpc) is 2.21. The molecule has 0 aromatic carbocycles. The van der Waals surface area contributed by atoms with Crippen LogP contribution in [0.4, 0.5) is 13.2 Å². The van der Waals surface area contributed by atoms with Crippen molar-refractivity contribution in [1.29, 1.82) is 0 Å². The molecule has 1 amide bonds. The Hall–Kier alpha value is -0.820. The van der Waals surface area contributed by atoms with Crippen molar-refractivity contribution in [1.82, 2.24) is 10.6 Å². The number of halogens is 3. The fraction of sp³-hybridized carbons (Fsp3) is 0.900. The van der Waals surface area contributed by atoms with Gasteiger partial charge >= 0.3 is 6.18 Å². The van der Waals surface area contributed by atoms with E-state index in [0.717, 1.165) is 6.54 Å². The zero-order chi connectivity index (χ0) is 13.3. The number of ether oxygens (including phenoxy) is 1. The highest BCUT2D eigenvalue weighted by Crippen LogP contribution is 2.14. The Morgan fingerprint density at radius 3 is 2.53 bits per heavy atom. The molecule has 0 spiro atoms. The highest BCUT2D eigenvalue weighted by molar-refractivity contribution is 5.75. The summed E-state index contributed by atoms with van der Waals surface area (Å²) in [6.07, 6.45) is -4.39. The summed E-state index contributed by atoms with van der Waals surface area (Å²) in [6, 6.07) is 0. The maximum atomic E-state index is 11.7. The Bertz CT molecular complexity index is 222. The SMILES string of the molecule is CNCC(C)CNC(=O)CCOCC(F)(F)F. The predicted molar refractivity (Wildman–Crippen MR) is 57.6 cm³/mol. The van der Waals surface area contributed by atoms with Crippen LogP contribution in [0.15, 0.2) is 0 Å². The first kappa shape index (κ1) is 16.2. The summed E-state index contributed by atoms with van der Waals surface area (Å²) in [4.78, 5) is 11.2. The molecule has 0 saturated carbocycles. The van der Waals surface area contributed by atoms with E-state index in [1.54, 1.807) is 0 Å². The molecule has 0 aromatic rings. The third-order valence-corrected chi connectivity index (χ3v) is 1.94. The van der Waals surface area contributed by atoms with E-state index >= 15 is 0 Å². The third-order valence-electron chi connectivity index (χ3n) is 1.94. The second-order valence-corrected chi connectivity index (χ2v) is 3.88. The molecule has 7 heteroatoms.